The Kier molecular flexibility index (Phi) is 6.28. The summed E-state index contributed by atoms with van der Waals surface area (Å²) in [4.78, 5) is 4.84. The number of imidazole rings is 1. The van der Waals surface area contributed by atoms with Gasteiger partial charge in [-0.15, -0.1) is 0 Å². The number of hydrogen-bond donors (Lipinski definition) is 1. The smallest absolute Gasteiger partial charge is 0.163 e. The second-order valence-electron chi connectivity index (χ2n) is 6.33. The van der Waals surface area contributed by atoms with E-state index in [0.717, 1.165) is 67.1 Å². The van der Waals surface area contributed by atoms with E-state index in [1.54, 1.807) is 14.2 Å². The van der Waals surface area contributed by atoms with Crippen LogP contribution in [-0.4, -0.2) is 30.3 Å². The molecule has 0 aliphatic carbocycles. The lowest BCUT2D eigenvalue weighted by Crippen LogP contribution is -2.09. The molecule has 5 heteroatoms. The molecule has 2 rings (SSSR count). The first-order valence-corrected chi connectivity index (χ1v) is 8.41. The summed E-state index contributed by atoms with van der Waals surface area (Å²) in [5, 5.41) is 0. The average Bonchev–Trinajstić information content (AvgIpc) is 2.86. The number of nitrogens with zero attached hydrogens (tertiary/aromatic N) is 2. The van der Waals surface area contributed by atoms with Crippen molar-refractivity contribution in [3.8, 4) is 11.5 Å². The second-order valence-corrected chi connectivity index (χ2v) is 6.33. The fraction of sp³-hybridized carbons (Fsp3) is 0.611. The molecule has 2 aromatic rings. The van der Waals surface area contributed by atoms with Crippen molar-refractivity contribution in [3.63, 3.8) is 0 Å². The van der Waals surface area contributed by atoms with E-state index in [0.29, 0.717) is 5.92 Å². The largest absolute Gasteiger partial charge is 0.493 e. The van der Waals surface area contributed by atoms with Crippen LogP contribution in [0.2, 0.25) is 0 Å². The number of aromatic nitrogens is 2. The highest BCUT2D eigenvalue weighted by molar-refractivity contribution is 5.80. The van der Waals surface area contributed by atoms with Crippen molar-refractivity contribution in [3.05, 3.63) is 18.0 Å². The Morgan fingerprint density at radius 3 is 2.39 bits per heavy atom. The third kappa shape index (κ3) is 4.16. The van der Waals surface area contributed by atoms with Crippen LogP contribution in [0.15, 0.2) is 12.1 Å². The maximum absolute atomic E-state index is 5.58. The normalized spacial score (nSPS) is 11.4. The first-order valence-electron chi connectivity index (χ1n) is 8.41. The summed E-state index contributed by atoms with van der Waals surface area (Å²) in [6, 6.07) is 4.00. The van der Waals surface area contributed by atoms with Gasteiger partial charge >= 0.3 is 0 Å². The number of nitrogens with two attached hydrogens (primary N) is 1. The van der Waals surface area contributed by atoms with Gasteiger partial charge in [0.1, 0.15) is 5.82 Å². The van der Waals surface area contributed by atoms with E-state index in [2.05, 4.69) is 18.4 Å². The number of benzene rings is 1. The van der Waals surface area contributed by atoms with E-state index in [9.17, 15) is 0 Å². The molecule has 0 aliphatic heterocycles. The highest BCUT2D eigenvalue weighted by Crippen LogP contribution is 2.33. The van der Waals surface area contributed by atoms with Crippen LogP contribution < -0.4 is 15.2 Å². The molecule has 0 amide bonds. The van der Waals surface area contributed by atoms with Gasteiger partial charge in [0.25, 0.3) is 0 Å². The molecule has 128 valence electrons. The summed E-state index contributed by atoms with van der Waals surface area (Å²) >= 11 is 0. The Labute approximate surface area is 138 Å². The highest BCUT2D eigenvalue weighted by Gasteiger charge is 2.15. The van der Waals surface area contributed by atoms with Gasteiger partial charge in [0.2, 0.25) is 0 Å². The minimum atomic E-state index is 0.559. The van der Waals surface area contributed by atoms with Gasteiger partial charge in [-0.2, -0.15) is 0 Å². The van der Waals surface area contributed by atoms with Gasteiger partial charge in [-0.25, -0.2) is 4.98 Å². The van der Waals surface area contributed by atoms with Crippen LogP contribution in [0.4, 0.5) is 0 Å². The zero-order chi connectivity index (χ0) is 16.8. The van der Waals surface area contributed by atoms with E-state index >= 15 is 0 Å². The predicted octanol–water partition coefficient (Wildman–Crippen LogP) is 3.38. The maximum Gasteiger partial charge on any atom is 0.163 e. The third-order valence-corrected chi connectivity index (χ3v) is 3.98. The molecular formula is C18H29N3O2. The van der Waals surface area contributed by atoms with Crippen LogP contribution in [0.3, 0.4) is 0 Å². The lowest BCUT2D eigenvalue weighted by atomic mass is 10.1. The van der Waals surface area contributed by atoms with Crippen molar-refractivity contribution in [1.29, 1.82) is 0 Å². The van der Waals surface area contributed by atoms with Gasteiger partial charge in [0.05, 0.1) is 25.3 Å². The molecule has 0 aliphatic rings. The molecule has 0 atom stereocenters. The first kappa shape index (κ1) is 17.6. The van der Waals surface area contributed by atoms with Crippen molar-refractivity contribution in [2.45, 2.75) is 46.1 Å². The standard InChI is InChI=1S/C18H29N3O2/c1-13(2)12-21-15-11-17(23-4)16(22-3)10-14(15)20-18(21)8-6-5-7-9-19/h10-11,13H,5-9,12,19H2,1-4H3. The molecule has 0 spiro atoms. The quantitative estimate of drug-likeness (QED) is 0.720. The molecule has 5 nitrogen and oxygen atoms in total. The molecule has 1 aromatic heterocycles. The Morgan fingerprint density at radius 1 is 1.09 bits per heavy atom. The van der Waals surface area contributed by atoms with Crippen molar-refractivity contribution >= 4 is 11.0 Å². The lowest BCUT2D eigenvalue weighted by Gasteiger charge is -2.13. The van der Waals surface area contributed by atoms with Gasteiger partial charge in [-0.05, 0) is 25.3 Å². The summed E-state index contributed by atoms with van der Waals surface area (Å²) in [6.45, 7) is 6.17. The Balaban J connectivity index is 2.39. The van der Waals surface area contributed by atoms with Gasteiger partial charge in [0, 0.05) is 25.1 Å². The number of rotatable bonds is 9. The molecule has 0 saturated carbocycles. The molecule has 23 heavy (non-hydrogen) atoms. The fourth-order valence-corrected chi connectivity index (χ4v) is 2.87. The number of methoxy groups -OCH3 is 2. The number of aryl methyl sites for hydroxylation is 1. The van der Waals surface area contributed by atoms with Crippen molar-refractivity contribution < 1.29 is 9.47 Å². The van der Waals surface area contributed by atoms with Crippen molar-refractivity contribution in [1.82, 2.24) is 9.55 Å². The number of fused-ring (bicyclic) bond motifs is 1. The highest BCUT2D eigenvalue weighted by atomic mass is 16.5. The van der Waals surface area contributed by atoms with Crippen LogP contribution in [0.1, 0.15) is 38.9 Å². The minimum absolute atomic E-state index is 0.559. The predicted molar refractivity (Wildman–Crippen MR) is 94.3 cm³/mol. The van der Waals surface area contributed by atoms with E-state index in [1.165, 1.54) is 0 Å². The minimum Gasteiger partial charge on any atom is -0.493 e. The topological polar surface area (TPSA) is 62.3 Å². The molecule has 0 fully saturated rings. The molecule has 2 N–H and O–H groups in total. The summed E-state index contributed by atoms with van der Waals surface area (Å²) in [6.07, 6.45) is 4.32. The zero-order valence-electron chi connectivity index (χ0n) is 14.8. The summed E-state index contributed by atoms with van der Waals surface area (Å²) in [5.41, 5.74) is 7.67. The number of ether oxygens (including phenoxy) is 2. The number of unbranched alkanes of at least 4 members (excludes halogenated alkanes) is 2. The molecule has 0 radical (unpaired) electrons. The van der Waals surface area contributed by atoms with Crippen molar-refractivity contribution in [2.24, 2.45) is 11.7 Å². The molecule has 1 aromatic carbocycles. The van der Waals surface area contributed by atoms with E-state index < -0.39 is 0 Å². The van der Waals surface area contributed by atoms with E-state index in [1.807, 2.05) is 12.1 Å². The third-order valence-electron chi connectivity index (χ3n) is 3.98. The van der Waals surface area contributed by atoms with Crippen LogP contribution in [0, 0.1) is 5.92 Å². The van der Waals surface area contributed by atoms with Crippen LogP contribution in [0.25, 0.3) is 11.0 Å². The van der Waals surface area contributed by atoms with Gasteiger partial charge in [-0.3, -0.25) is 0 Å². The Morgan fingerprint density at radius 2 is 1.78 bits per heavy atom. The zero-order valence-corrected chi connectivity index (χ0v) is 14.8. The first-order chi connectivity index (χ1) is 11.1. The van der Waals surface area contributed by atoms with Crippen LogP contribution in [0.5, 0.6) is 11.5 Å². The SMILES string of the molecule is COc1cc2nc(CCCCCN)n(CC(C)C)c2cc1OC. The van der Waals surface area contributed by atoms with E-state index in [-0.39, 0.29) is 0 Å². The van der Waals surface area contributed by atoms with Gasteiger partial charge in [0.15, 0.2) is 11.5 Å². The summed E-state index contributed by atoms with van der Waals surface area (Å²) in [7, 11) is 3.32. The summed E-state index contributed by atoms with van der Waals surface area (Å²) < 4.78 is 13.2. The lowest BCUT2D eigenvalue weighted by molar-refractivity contribution is 0.355. The summed E-state index contributed by atoms with van der Waals surface area (Å²) in [5.74, 6) is 3.17. The molecular weight excluding hydrogens is 290 g/mol. The van der Waals surface area contributed by atoms with Crippen LogP contribution >= 0.6 is 0 Å². The second kappa shape index (κ2) is 8.20. The molecule has 0 bridgehead atoms. The fourth-order valence-electron chi connectivity index (χ4n) is 2.87. The average molecular weight is 319 g/mol. The monoisotopic (exact) mass is 319 g/mol. The number of hydrogen-bond acceptors (Lipinski definition) is 4. The Hall–Kier alpha value is -1.75. The van der Waals surface area contributed by atoms with E-state index in [4.69, 9.17) is 20.2 Å². The maximum atomic E-state index is 5.58. The van der Waals surface area contributed by atoms with Crippen LogP contribution in [-0.2, 0) is 13.0 Å². The van der Waals surface area contributed by atoms with Crippen molar-refractivity contribution in [2.75, 3.05) is 20.8 Å². The molecule has 0 unspecified atom stereocenters. The van der Waals surface area contributed by atoms with Gasteiger partial charge in [-0.1, -0.05) is 20.3 Å². The molecule has 0 saturated heterocycles. The van der Waals surface area contributed by atoms with Gasteiger partial charge < -0.3 is 19.8 Å². The Bertz CT molecular complexity index is 635. The molecule has 1 heterocycles.